The number of para-hydroxylation sites is 1. The molecular weight excluding hydrogens is 338 g/mol. The molecule has 0 fully saturated rings. The maximum absolute atomic E-state index is 12.4. The summed E-state index contributed by atoms with van der Waals surface area (Å²) < 4.78 is 29.0. The lowest BCUT2D eigenvalue weighted by Crippen LogP contribution is -2.23. The van der Waals surface area contributed by atoms with Crippen LogP contribution >= 0.6 is 0 Å². The molecule has 1 N–H and O–H groups in total. The van der Waals surface area contributed by atoms with E-state index in [-0.39, 0.29) is 17.2 Å². The summed E-state index contributed by atoms with van der Waals surface area (Å²) in [6.45, 7) is 1.46. The van der Waals surface area contributed by atoms with Crippen LogP contribution in [0.4, 0.5) is 0 Å². The van der Waals surface area contributed by atoms with Crippen LogP contribution in [0.5, 0.6) is 0 Å². The number of sulfonamides is 1. The molecule has 128 valence electrons. The Morgan fingerprint density at radius 3 is 2.56 bits per heavy atom. The van der Waals surface area contributed by atoms with Gasteiger partial charge in [-0.25, -0.2) is 17.8 Å². The number of rotatable bonds is 6. The zero-order valence-corrected chi connectivity index (χ0v) is 14.4. The lowest BCUT2D eigenvalue weighted by Gasteiger charge is -2.06. The van der Waals surface area contributed by atoms with Gasteiger partial charge in [0.25, 0.3) is 0 Å². The van der Waals surface area contributed by atoms with Gasteiger partial charge in [-0.15, -0.1) is 0 Å². The number of hydrogen-bond acceptors (Lipinski definition) is 4. The fraction of sp³-hybridized carbons (Fsp3) is 0.111. The average Bonchev–Trinajstić information content (AvgIpc) is 3.10. The smallest absolute Gasteiger partial charge is 0.240 e. The van der Waals surface area contributed by atoms with Crippen LogP contribution in [-0.2, 0) is 16.6 Å². The molecule has 0 bridgehead atoms. The van der Waals surface area contributed by atoms with Crippen LogP contribution in [0.1, 0.15) is 23.0 Å². The summed E-state index contributed by atoms with van der Waals surface area (Å²) in [7, 11) is -3.72. The Morgan fingerprint density at radius 2 is 1.84 bits per heavy atom. The number of aromatic nitrogens is 2. The summed E-state index contributed by atoms with van der Waals surface area (Å²) in [6, 6.07) is 17.3. The number of carbonyl (C=O) groups excluding carboxylic acids is 1. The molecule has 0 amide bonds. The third-order valence-electron chi connectivity index (χ3n) is 3.66. The standard InChI is InChI=1S/C18H17N3O3S/c1-14(22)15-6-5-9-18(12-15)25(23,24)19-13-16-10-11-21(20-16)17-7-3-2-4-8-17/h2-12,19H,13H2,1H3. The van der Waals surface area contributed by atoms with Crippen LogP contribution in [0.15, 0.2) is 71.8 Å². The average molecular weight is 355 g/mol. The number of benzene rings is 2. The van der Waals surface area contributed by atoms with Crippen LogP contribution in [-0.4, -0.2) is 24.0 Å². The normalized spacial score (nSPS) is 11.4. The molecule has 1 heterocycles. The molecule has 3 aromatic rings. The van der Waals surface area contributed by atoms with Crippen LogP contribution in [0.2, 0.25) is 0 Å². The minimum Gasteiger partial charge on any atom is -0.295 e. The van der Waals surface area contributed by atoms with E-state index < -0.39 is 10.0 Å². The zero-order chi connectivity index (χ0) is 17.9. The number of ketones is 1. The highest BCUT2D eigenvalue weighted by Gasteiger charge is 2.15. The van der Waals surface area contributed by atoms with Gasteiger partial charge >= 0.3 is 0 Å². The molecule has 0 atom stereocenters. The molecule has 0 spiro atoms. The second-order valence-electron chi connectivity index (χ2n) is 5.50. The highest BCUT2D eigenvalue weighted by Crippen LogP contribution is 2.13. The van der Waals surface area contributed by atoms with Crippen molar-refractivity contribution in [3.63, 3.8) is 0 Å². The first-order valence-electron chi connectivity index (χ1n) is 7.66. The fourth-order valence-corrected chi connectivity index (χ4v) is 3.36. The highest BCUT2D eigenvalue weighted by atomic mass is 32.2. The zero-order valence-electron chi connectivity index (χ0n) is 13.6. The summed E-state index contributed by atoms with van der Waals surface area (Å²) >= 11 is 0. The van der Waals surface area contributed by atoms with Crippen molar-refractivity contribution in [3.05, 3.63) is 78.1 Å². The van der Waals surface area contributed by atoms with Gasteiger partial charge in [-0.1, -0.05) is 30.3 Å². The van der Waals surface area contributed by atoms with Crippen LogP contribution in [0, 0.1) is 0 Å². The number of carbonyl (C=O) groups is 1. The Balaban J connectivity index is 1.74. The van der Waals surface area contributed by atoms with E-state index in [1.807, 2.05) is 30.3 Å². The lowest BCUT2D eigenvalue weighted by molar-refractivity contribution is 0.101. The van der Waals surface area contributed by atoms with Crippen molar-refractivity contribution in [2.24, 2.45) is 0 Å². The minimum atomic E-state index is -3.72. The summed E-state index contributed by atoms with van der Waals surface area (Å²) in [4.78, 5) is 11.5. The van der Waals surface area contributed by atoms with Gasteiger partial charge in [-0.2, -0.15) is 5.10 Å². The highest BCUT2D eigenvalue weighted by molar-refractivity contribution is 7.89. The maximum Gasteiger partial charge on any atom is 0.240 e. The number of Topliss-reactive ketones (excluding diaryl/α,β-unsaturated/α-hetero) is 1. The van der Waals surface area contributed by atoms with E-state index in [1.54, 1.807) is 29.1 Å². The Bertz CT molecular complexity index is 995. The summed E-state index contributed by atoms with van der Waals surface area (Å²) in [5.74, 6) is -0.182. The molecule has 2 aromatic carbocycles. The van der Waals surface area contributed by atoms with Crippen molar-refractivity contribution < 1.29 is 13.2 Å². The quantitative estimate of drug-likeness (QED) is 0.689. The van der Waals surface area contributed by atoms with E-state index in [2.05, 4.69) is 9.82 Å². The molecule has 1 aromatic heterocycles. The monoisotopic (exact) mass is 355 g/mol. The van der Waals surface area contributed by atoms with Crippen LogP contribution in [0.25, 0.3) is 5.69 Å². The van der Waals surface area contributed by atoms with E-state index in [9.17, 15) is 13.2 Å². The van der Waals surface area contributed by atoms with E-state index in [0.29, 0.717) is 11.3 Å². The Labute approximate surface area is 146 Å². The second-order valence-corrected chi connectivity index (χ2v) is 7.26. The number of nitrogens with one attached hydrogen (secondary N) is 1. The predicted molar refractivity (Wildman–Crippen MR) is 94.0 cm³/mol. The number of hydrogen-bond donors (Lipinski definition) is 1. The van der Waals surface area contributed by atoms with Crippen molar-refractivity contribution in [2.45, 2.75) is 18.4 Å². The summed E-state index contributed by atoms with van der Waals surface area (Å²) in [5.41, 5.74) is 1.84. The fourth-order valence-electron chi connectivity index (χ4n) is 2.32. The topological polar surface area (TPSA) is 81.1 Å². The predicted octanol–water partition coefficient (Wildman–Crippen LogP) is 2.55. The molecule has 25 heavy (non-hydrogen) atoms. The van der Waals surface area contributed by atoms with E-state index in [4.69, 9.17) is 0 Å². The van der Waals surface area contributed by atoms with Gasteiger partial charge in [0, 0.05) is 11.8 Å². The Hall–Kier alpha value is -2.77. The lowest BCUT2D eigenvalue weighted by atomic mass is 10.2. The second kappa shape index (κ2) is 7.00. The van der Waals surface area contributed by atoms with Gasteiger partial charge in [-0.3, -0.25) is 4.79 Å². The largest absolute Gasteiger partial charge is 0.295 e. The van der Waals surface area contributed by atoms with E-state index in [0.717, 1.165) is 5.69 Å². The van der Waals surface area contributed by atoms with Crippen molar-refractivity contribution in [1.29, 1.82) is 0 Å². The summed E-state index contributed by atoms with van der Waals surface area (Å²) in [5, 5.41) is 4.36. The molecule has 0 aliphatic heterocycles. The SMILES string of the molecule is CC(=O)c1cccc(S(=O)(=O)NCc2ccn(-c3ccccc3)n2)c1. The molecular formula is C18H17N3O3S. The first-order chi connectivity index (χ1) is 12.0. The molecule has 6 nitrogen and oxygen atoms in total. The molecule has 0 aliphatic carbocycles. The molecule has 0 aliphatic rings. The van der Waals surface area contributed by atoms with Gasteiger partial charge in [0.15, 0.2) is 5.78 Å². The first-order valence-corrected chi connectivity index (χ1v) is 9.15. The maximum atomic E-state index is 12.4. The van der Waals surface area contributed by atoms with Crippen molar-refractivity contribution in [1.82, 2.24) is 14.5 Å². The van der Waals surface area contributed by atoms with Crippen LogP contribution < -0.4 is 4.72 Å². The third kappa shape index (κ3) is 4.01. The molecule has 0 saturated heterocycles. The van der Waals surface area contributed by atoms with Gasteiger partial charge < -0.3 is 0 Å². The Kier molecular flexibility index (Phi) is 4.78. The van der Waals surface area contributed by atoms with Gasteiger partial charge in [-0.05, 0) is 37.3 Å². The third-order valence-corrected chi connectivity index (χ3v) is 5.06. The first kappa shape index (κ1) is 17.1. The molecule has 3 rings (SSSR count). The van der Waals surface area contributed by atoms with Gasteiger partial charge in [0.05, 0.1) is 22.8 Å². The van der Waals surface area contributed by atoms with Gasteiger partial charge in [0.2, 0.25) is 10.0 Å². The van der Waals surface area contributed by atoms with Crippen molar-refractivity contribution in [2.75, 3.05) is 0 Å². The Morgan fingerprint density at radius 1 is 1.08 bits per heavy atom. The number of nitrogens with zero attached hydrogens (tertiary/aromatic N) is 2. The van der Waals surface area contributed by atoms with Crippen molar-refractivity contribution in [3.8, 4) is 5.69 Å². The molecule has 0 radical (unpaired) electrons. The van der Waals surface area contributed by atoms with Crippen molar-refractivity contribution >= 4 is 15.8 Å². The van der Waals surface area contributed by atoms with E-state index in [1.165, 1.54) is 19.1 Å². The molecule has 7 heteroatoms. The summed E-state index contributed by atoms with van der Waals surface area (Å²) in [6.07, 6.45) is 1.77. The van der Waals surface area contributed by atoms with Gasteiger partial charge in [0.1, 0.15) is 0 Å². The van der Waals surface area contributed by atoms with Crippen LogP contribution in [0.3, 0.4) is 0 Å². The minimum absolute atomic E-state index is 0.0580. The molecule has 0 saturated carbocycles. The molecule has 0 unspecified atom stereocenters. The van der Waals surface area contributed by atoms with E-state index >= 15 is 0 Å².